The number of allylic oxidation sites excluding steroid dienone is 3. The van der Waals surface area contributed by atoms with Gasteiger partial charge in [-0.3, -0.25) is 0 Å². The molecule has 1 atom stereocenters. The Morgan fingerprint density at radius 3 is 2.86 bits per heavy atom. The number of hydrogen-bond acceptors (Lipinski definition) is 4. The molecule has 1 aromatic rings. The molecule has 118 valence electrons. The predicted octanol–water partition coefficient (Wildman–Crippen LogP) is 3.04. The zero-order chi connectivity index (χ0) is 16.2. The first kappa shape index (κ1) is 16.4. The molecular weight excluding hydrogens is 296 g/mol. The minimum atomic E-state index is -2.62. The van der Waals surface area contributed by atoms with Crippen LogP contribution in [-0.2, 0) is 14.1 Å². The van der Waals surface area contributed by atoms with E-state index >= 15 is 0 Å². The Hall–Kier alpha value is -2.01. The van der Waals surface area contributed by atoms with Crippen molar-refractivity contribution in [2.45, 2.75) is 26.7 Å². The topological polar surface area (TPSA) is 64.7 Å². The number of rotatable bonds is 5. The van der Waals surface area contributed by atoms with Crippen molar-refractivity contribution in [3.8, 4) is 0 Å². The van der Waals surface area contributed by atoms with Gasteiger partial charge in [0.05, 0.1) is 11.5 Å². The molecule has 0 spiro atoms. The van der Waals surface area contributed by atoms with Gasteiger partial charge >= 0.3 is 0 Å². The fraction of sp³-hybridized carbons (Fsp3) is 0.294. The zero-order valence-corrected chi connectivity index (χ0v) is 13.9. The summed E-state index contributed by atoms with van der Waals surface area (Å²) < 4.78 is 17.2. The molecule has 0 aromatic heterocycles. The summed E-state index contributed by atoms with van der Waals surface area (Å²) in [5.41, 5.74) is 10.5. The van der Waals surface area contributed by atoms with Crippen LogP contribution in [-0.4, -0.2) is 21.5 Å². The molecule has 5 heteroatoms. The molecule has 22 heavy (non-hydrogen) atoms. The van der Waals surface area contributed by atoms with Crippen LogP contribution in [0.5, 0.6) is 0 Å². The summed E-state index contributed by atoms with van der Waals surface area (Å²) in [5, 5.41) is 4.05. The summed E-state index contributed by atoms with van der Waals surface area (Å²) in [4.78, 5) is 0. The van der Waals surface area contributed by atoms with Crippen molar-refractivity contribution in [3.63, 3.8) is 0 Å². The highest BCUT2D eigenvalue weighted by Gasteiger charge is 2.17. The van der Waals surface area contributed by atoms with E-state index in [9.17, 15) is 4.21 Å². The van der Waals surface area contributed by atoms with Gasteiger partial charge in [0.25, 0.3) is 0 Å². The van der Waals surface area contributed by atoms with Gasteiger partial charge in [0, 0.05) is 23.3 Å². The van der Waals surface area contributed by atoms with E-state index in [0.717, 1.165) is 23.1 Å². The van der Waals surface area contributed by atoms with E-state index in [2.05, 4.69) is 11.0 Å². The second-order valence-electron chi connectivity index (χ2n) is 5.31. The Bertz CT molecular complexity index is 744. The van der Waals surface area contributed by atoms with Crippen molar-refractivity contribution >= 4 is 27.1 Å². The van der Waals surface area contributed by atoms with Gasteiger partial charge in [0.15, 0.2) is 0 Å². The quantitative estimate of drug-likeness (QED) is 0.670. The summed E-state index contributed by atoms with van der Waals surface area (Å²) in [5.74, 6) is 3.99. The van der Waals surface area contributed by atoms with E-state index in [-0.39, 0.29) is 0 Å². The highest BCUT2D eigenvalue weighted by atomic mass is 32.2. The molecule has 0 amide bonds. The molecule has 4 nitrogen and oxygen atoms in total. The monoisotopic (exact) mass is 318 g/mol. The average Bonchev–Trinajstić information content (AvgIpc) is 2.93. The number of benzene rings is 1. The summed E-state index contributed by atoms with van der Waals surface area (Å²) in [6, 6.07) is 7.91. The SMILES string of the molecule is C=S(=O)(CCC)O/N=C1\CC=C\C1=C(\N)c1ccccc1C. The molecule has 2 N–H and O–H groups in total. The van der Waals surface area contributed by atoms with E-state index in [1.165, 1.54) is 0 Å². The number of aryl methyl sites for hydroxylation is 1. The van der Waals surface area contributed by atoms with Gasteiger partial charge in [-0.05, 0) is 24.8 Å². The maximum Gasteiger partial charge on any atom is 0.145 e. The summed E-state index contributed by atoms with van der Waals surface area (Å²) in [7, 11) is -2.62. The molecule has 1 aromatic carbocycles. The molecule has 1 aliphatic carbocycles. The lowest BCUT2D eigenvalue weighted by molar-refractivity contribution is 0.370. The Kier molecular flexibility index (Phi) is 5.08. The summed E-state index contributed by atoms with van der Waals surface area (Å²) in [6.45, 7) is 3.94. The smallest absolute Gasteiger partial charge is 0.145 e. The molecule has 0 saturated carbocycles. The third-order valence-corrected chi connectivity index (χ3v) is 4.81. The van der Waals surface area contributed by atoms with E-state index in [1.807, 2.05) is 50.3 Å². The zero-order valence-electron chi connectivity index (χ0n) is 13.0. The Labute approximate surface area is 132 Å². The van der Waals surface area contributed by atoms with Crippen molar-refractivity contribution < 1.29 is 8.49 Å². The second kappa shape index (κ2) is 6.83. The van der Waals surface area contributed by atoms with E-state index in [4.69, 9.17) is 10.0 Å². The van der Waals surface area contributed by atoms with Gasteiger partial charge in [-0.15, -0.1) is 0 Å². The van der Waals surface area contributed by atoms with Gasteiger partial charge in [-0.2, -0.15) is 0 Å². The fourth-order valence-electron chi connectivity index (χ4n) is 2.31. The highest BCUT2D eigenvalue weighted by Crippen LogP contribution is 2.24. The van der Waals surface area contributed by atoms with Gasteiger partial charge < -0.3 is 10.0 Å². The molecule has 0 fully saturated rings. The van der Waals surface area contributed by atoms with Crippen molar-refractivity contribution in [3.05, 3.63) is 53.1 Å². The van der Waals surface area contributed by atoms with Crippen molar-refractivity contribution in [2.24, 2.45) is 10.9 Å². The first-order valence-electron chi connectivity index (χ1n) is 7.27. The van der Waals surface area contributed by atoms with Crippen molar-refractivity contribution in [1.29, 1.82) is 0 Å². The van der Waals surface area contributed by atoms with Gasteiger partial charge in [-0.1, -0.05) is 48.5 Å². The third-order valence-electron chi connectivity index (χ3n) is 3.43. The highest BCUT2D eigenvalue weighted by molar-refractivity contribution is 7.95. The largest absolute Gasteiger partial charge is 0.398 e. The van der Waals surface area contributed by atoms with E-state index in [0.29, 0.717) is 23.6 Å². The lowest BCUT2D eigenvalue weighted by Gasteiger charge is -2.10. The molecule has 0 radical (unpaired) electrons. The Morgan fingerprint density at radius 1 is 1.45 bits per heavy atom. The number of nitrogens with zero attached hydrogens (tertiary/aromatic N) is 1. The van der Waals surface area contributed by atoms with E-state index in [1.54, 1.807) is 0 Å². The molecule has 1 unspecified atom stereocenters. The molecule has 1 aliphatic rings. The van der Waals surface area contributed by atoms with Crippen LogP contribution in [0.15, 0.2) is 47.1 Å². The number of oxime groups is 1. The maximum absolute atomic E-state index is 12.0. The van der Waals surface area contributed by atoms with Crippen LogP contribution in [0.3, 0.4) is 0 Å². The second-order valence-corrected chi connectivity index (χ2v) is 7.35. The van der Waals surface area contributed by atoms with Crippen molar-refractivity contribution in [1.82, 2.24) is 0 Å². The van der Waals surface area contributed by atoms with Crippen LogP contribution in [0.1, 0.15) is 30.9 Å². The molecule has 0 bridgehead atoms. The van der Waals surface area contributed by atoms with Gasteiger partial charge in [-0.25, -0.2) is 4.21 Å². The normalized spacial score (nSPS) is 20.9. The Balaban J connectivity index is 2.32. The first-order valence-corrected chi connectivity index (χ1v) is 9.10. The maximum atomic E-state index is 12.0. The van der Waals surface area contributed by atoms with Gasteiger partial charge in [0.1, 0.15) is 9.80 Å². The lowest BCUT2D eigenvalue weighted by atomic mass is 10.0. The standard InChI is InChI=1S/C17H22N2O2S/c1-4-12-22(3,20)21-19-16-11-7-10-15(16)17(18)14-9-6-5-8-13(14)2/h5-10H,3-4,11-12,18H2,1-2H3/b17-15-,19-16+. The third kappa shape index (κ3) is 3.80. The first-order chi connectivity index (χ1) is 10.4. The van der Waals surface area contributed by atoms with Crippen LogP contribution in [0.4, 0.5) is 0 Å². The lowest BCUT2D eigenvalue weighted by Crippen LogP contribution is -2.10. The molecule has 0 saturated heterocycles. The van der Waals surface area contributed by atoms with Crippen LogP contribution in [0.25, 0.3) is 5.70 Å². The van der Waals surface area contributed by atoms with Crippen LogP contribution in [0.2, 0.25) is 0 Å². The van der Waals surface area contributed by atoms with Crippen LogP contribution < -0.4 is 5.73 Å². The molecule has 0 heterocycles. The van der Waals surface area contributed by atoms with Crippen LogP contribution >= 0.6 is 0 Å². The minimum absolute atomic E-state index is 0.392. The number of nitrogens with two attached hydrogens (primary N) is 1. The predicted molar refractivity (Wildman–Crippen MR) is 95.0 cm³/mol. The molecule has 2 rings (SSSR count). The summed E-state index contributed by atoms with van der Waals surface area (Å²) in [6.07, 6.45) is 5.24. The number of hydrogen-bond donors (Lipinski definition) is 1. The average molecular weight is 318 g/mol. The van der Waals surface area contributed by atoms with Crippen LogP contribution in [0, 0.1) is 6.92 Å². The summed E-state index contributed by atoms with van der Waals surface area (Å²) >= 11 is 0. The fourth-order valence-corrected chi connectivity index (χ4v) is 3.23. The minimum Gasteiger partial charge on any atom is -0.398 e. The Morgan fingerprint density at radius 2 is 2.18 bits per heavy atom. The molecule has 0 aliphatic heterocycles. The molecular formula is C17H22N2O2S. The van der Waals surface area contributed by atoms with E-state index < -0.39 is 9.80 Å². The van der Waals surface area contributed by atoms with Gasteiger partial charge in [0.2, 0.25) is 0 Å². The van der Waals surface area contributed by atoms with Crippen molar-refractivity contribution in [2.75, 3.05) is 5.75 Å².